The van der Waals surface area contributed by atoms with Crippen molar-refractivity contribution < 1.29 is 4.74 Å². The smallest absolute Gasteiger partial charge is 0.240 e. The van der Waals surface area contributed by atoms with Crippen LogP contribution < -0.4 is 16.0 Å². The Morgan fingerprint density at radius 3 is 3.15 bits per heavy atom. The Morgan fingerprint density at radius 2 is 2.46 bits per heavy atom. The maximum absolute atomic E-state index is 5.34. The molecule has 3 N–H and O–H groups in total. The van der Waals surface area contributed by atoms with Crippen molar-refractivity contribution in [3.8, 4) is 5.88 Å². The maximum Gasteiger partial charge on any atom is 0.240 e. The number of nitrogen functional groups attached to an aromatic ring is 1. The molecule has 1 rings (SSSR count). The summed E-state index contributed by atoms with van der Waals surface area (Å²) in [5, 5.41) is 0. The third-order valence-corrected chi connectivity index (χ3v) is 1.51. The fourth-order valence-electron chi connectivity index (χ4n) is 0.813. The van der Waals surface area contributed by atoms with Crippen LogP contribution in [0.2, 0.25) is 0 Å². The second kappa shape index (κ2) is 5.31. The zero-order chi connectivity index (χ0) is 9.52. The SMILES string of the molecule is CCCCOc1ccnc(NN)n1. The molecule has 1 heterocycles. The van der Waals surface area contributed by atoms with Gasteiger partial charge in [-0.05, 0) is 6.42 Å². The molecule has 0 aliphatic heterocycles. The number of nitrogens with one attached hydrogen (secondary N) is 1. The fourth-order valence-corrected chi connectivity index (χ4v) is 0.813. The van der Waals surface area contributed by atoms with Crippen molar-refractivity contribution in [1.29, 1.82) is 0 Å². The van der Waals surface area contributed by atoms with Gasteiger partial charge in [-0.2, -0.15) is 4.98 Å². The molecule has 0 saturated carbocycles. The third-order valence-electron chi connectivity index (χ3n) is 1.51. The van der Waals surface area contributed by atoms with E-state index in [2.05, 4.69) is 22.3 Å². The van der Waals surface area contributed by atoms with E-state index in [4.69, 9.17) is 10.6 Å². The Bertz CT molecular complexity index is 254. The van der Waals surface area contributed by atoms with Gasteiger partial charge in [-0.15, -0.1) is 0 Å². The van der Waals surface area contributed by atoms with Crippen molar-refractivity contribution >= 4 is 5.95 Å². The van der Waals surface area contributed by atoms with Gasteiger partial charge in [0, 0.05) is 12.3 Å². The number of nitrogens with two attached hydrogens (primary N) is 1. The Kier molecular flexibility index (Phi) is 3.98. The summed E-state index contributed by atoms with van der Waals surface area (Å²) in [6, 6.07) is 1.70. The largest absolute Gasteiger partial charge is 0.478 e. The van der Waals surface area contributed by atoms with E-state index < -0.39 is 0 Å². The number of hydrazine groups is 1. The van der Waals surface area contributed by atoms with Gasteiger partial charge >= 0.3 is 0 Å². The van der Waals surface area contributed by atoms with Crippen molar-refractivity contribution in [2.24, 2.45) is 5.84 Å². The minimum absolute atomic E-state index is 0.369. The number of rotatable bonds is 5. The molecule has 0 aromatic carbocycles. The molecule has 0 amide bonds. The fraction of sp³-hybridized carbons (Fsp3) is 0.500. The number of unbranched alkanes of at least 4 members (excludes halogenated alkanes) is 1. The van der Waals surface area contributed by atoms with Crippen LogP contribution in [-0.4, -0.2) is 16.6 Å². The Morgan fingerprint density at radius 1 is 1.62 bits per heavy atom. The minimum atomic E-state index is 0.369. The molecule has 0 atom stereocenters. The monoisotopic (exact) mass is 182 g/mol. The summed E-state index contributed by atoms with van der Waals surface area (Å²) in [7, 11) is 0. The highest BCUT2D eigenvalue weighted by Crippen LogP contribution is 2.07. The lowest BCUT2D eigenvalue weighted by molar-refractivity contribution is 0.297. The van der Waals surface area contributed by atoms with Gasteiger partial charge in [0.1, 0.15) is 0 Å². The van der Waals surface area contributed by atoms with E-state index in [1.54, 1.807) is 12.3 Å². The van der Waals surface area contributed by atoms with Crippen LogP contribution in [0, 0.1) is 0 Å². The molecule has 0 unspecified atom stereocenters. The van der Waals surface area contributed by atoms with Crippen LogP contribution in [0.5, 0.6) is 5.88 Å². The Hall–Kier alpha value is -1.36. The molecule has 0 saturated heterocycles. The number of nitrogens with zero attached hydrogens (tertiary/aromatic N) is 2. The summed E-state index contributed by atoms with van der Waals surface area (Å²) < 4.78 is 5.34. The molecule has 0 aliphatic rings. The van der Waals surface area contributed by atoms with Crippen LogP contribution in [-0.2, 0) is 0 Å². The van der Waals surface area contributed by atoms with Gasteiger partial charge in [-0.3, -0.25) is 5.43 Å². The summed E-state index contributed by atoms with van der Waals surface area (Å²) in [5.41, 5.74) is 2.36. The first-order valence-electron chi connectivity index (χ1n) is 4.29. The second-order valence-electron chi connectivity index (χ2n) is 2.56. The first kappa shape index (κ1) is 9.73. The topological polar surface area (TPSA) is 73.1 Å². The highest BCUT2D eigenvalue weighted by Gasteiger charge is 1.96. The van der Waals surface area contributed by atoms with E-state index in [1.807, 2.05) is 0 Å². The molecular weight excluding hydrogens is 168 g/mol. The van der Waals surface area contributed by atoms with Crippen LogP contribution in [0.1, 0.15) is 19.8 Å². The molecule has 0 bridgehead atoms. The van der Waals surface area contributed by atoms with Crippen LogP contribution in [0.4, 0.5) is 5.95 Å². The highest BCUT2D eigenvalue weighted by atomic mass is 16.5. The summed E-state index contributed by atoms with van der Waals surface area (Å²) >= 11 is 0. The molecule has 1 aromatic heterocycles. The molecule has 1 aromatic rings. The van der Waals surface area contributed by atoms with Gasteiger partial charge in [0.15, 0.2) is 0 Å². The molecular formula is C8H14N4O. The number of hydrogen-bond donors (Lipinski definition) is 2. The number of anilines is 1. The maximum atomic E-state index is 5.34. The predicted molar refractivity (Wildman–Crippen MR) is 50.2 cm³/mol. The summed E-state index contributed by atoms with van der Waals surface area (Å²) in [5.74, 6) is 6.06. The van der Waals surface area contributed by atoms with Crippen molar-refractivity contribution in [3.05, 3.63) is 12.3 Å². The quantitative estimate of drug-likeness (QED) is 0.403. The lowest BCUT2D eigenvalue weighted by atomic mass is 10.4. The van der Waals surface area contributed by atoms with Crippen molar-refractivity contribution in [1.82, 2.24) is 9.97 Å². The normalized spacial score (nSPS) is 9.69. The number of hydrogen-bond acceptors (Lipinski definition) is 5. The number of ether oxygens (including phenoxy) is 1. The molecule has 5 heteroatoms. The third kappa shape index (κ3) is 3.25. The Balaban J connectivity index is 2.46. The molecule has 0 aliphatic carbocycles. The standard InChI is InChI=1S/C8H14N4O/c1-2-3-6-13-7-4-5-10-8(11-7)12-9/h4-5H,2-3,6,9H2,1H3,(H,10,11,12). The van der Waals surface area contributed by atoms with Crippen LogP contribution >= 0.6 is 0 Å². The lowest BCUT2D eigenvalue weighted by Crippen LogP contribution is -2.11. The van der Waals surface area contributed by atoms with Crippen LogP contribution in [0.3, 0.4) is 0 Å². The minimum Gasteiger partial charge on any atom is -0.478 e. The van der Waals surface area contributed by atoms with E-state index in [9.17, 15) is 0 Å². The van der Waals surface area contributed by atoms with E-state index in [1.165, 1.54) is 0 Å². The van der Waals surface area contributed by atoms with E-state index in [0.29, 0.717) is 18.4 Å². The molecule has 0 fully saturated rings. The first-order valence-corrected chi connectivity index (χ1v) is 4.29. The van der Waals surface area contributed by atoms with E-state index in [0.717, 1.165) is 12.8 Å². The molecule has 5 nitrogen and oxygen atoms in total. The van der Waals surface area contributed by atoms with Gasteiger partial charge in [0.25, 0.3) is 0 Å². The predicted octanol–water partition coefficient (Wildman–Crippen LogP) is 0.941. The average molecular weight is 182 g/mol. The molecule has 0 spiro atoms. The van der Waals surface area contributed by atoms with E-state index >= 15 is 0 Å². The van der Waals surface area contributed by atoms with Gasteiger partial charge < -0.3 is 4.74 Å². The zero-order valence-corrected chi connectivity index (χ0v) is 7.66. The first-order chi connectivity index (χ1) is 6.36. The van der Waals surface area contributed by atoms with Crippen LogP contribution in [0.25, 0.3) is 0 Å². The molecule has 13 heavy (non-hydrogen) atoms. The average Bonchev–Trinajstić information content (AvgIpc) is 2.19. The molecule has 0 radical (unpaired) electrons. The highest BCUT2D eigenvalue weighted by molar-refractivity contribution is 5.25. The van der Waals surface area contributed by atoms with Crippen molar-refractivity contribution in [2.45, 2.75) is 19.8 Å². The van der Waals surface area contributed by atoms with Crippen molar-refractivity contribution in [2.75, 3.05) is 12.0 Å². The Labute approximate surface area is 77.3 Å². The summed E-state index contributed by atoms with van der Waals surface area (Å²) in [6.45, 7) is 2.79. The zero-order valence-electron chi connectivity index (χ0n) is 7.66. The summed E-state index contributed by atoms with van der Waals surface area (Å²) in [6.07, 6.45) is 3.73. The summed E-state index contributed by atoms with van der Waals surface area (Å²) in [4.78, 5) is 7.85. The second-order valence-corrected chi connectivity index (χ2v) is 2.56. The number of aromatic nitrogens is 2. The van der Waals surface area contributed by atoms with Crippen molar-refractivity contribution in [3.63, 3.8) is 0 Å². The molecule has 72 valence electrons. The van der Waals surface area contributed by atoms with Gasteiger partial charge in [0.2, 0.25) is 11.8 Å². The van der Waals surface area contributed by atoms with Gasteiger partial charge in [-0.1, -0.05) is 13.3 Å². The van der Waals surface area contributed by atoms with Crippen LogP contribution in [0.15, 0.2) is 12.3 Å². The van der Waals surface area contributed by atoms with E-state index in [-0.39, 0.29) is 0 Å². The van der Waals surface area contributed by atoms with Gasteiger partial charge in [0.05, 0.1) is 6.61 Å². The lowest BCUT2D eigenvalue weighted by Gasteiger charge is -2.04. The van der Waals surface area contributed by atoms with Gasteiger partial charge in [-0.25, -0.2) is 10.8 Å².